The lowest BCUT2D eigenvalue weighted by molar-refractivity contribution is 0.0702. The molecule has 0 unspecified atom stereocenters. The van der Waals surface area contributed by atoms with E-state index in [2.05, 4.69) is 5.10 Å². The minimum Gasteiger partial charge on any atom is -0.477 e. The molecule has 0 aliphatic heterocycles. The molecule has 0 aliphatic rings. The van der Waals surface area contributed by atoms with Crippen LogP contribution in [-0.4, -0.2) is 20.9 Å². The highest BCUT2D eigenvalue weighted by molar-refractivity contribution is 7.17. The highest BCUT2D eigenvalue weighted by atomic mass is 32.1. The molecule has 1 N–H and O–H groups in total. The molecule has 15 heavy (non-hydrogen) atoms. The molecule has 0 spiro atoms. The first-order valence-corrected chi connectivity index (χ1v) is 5.23. The Morgan fingerprint density at radius 2 is 2.33 bits per heavy atom. The lowest BCUT2D eigenvalue weighted by Crippen LogP contribution is -1.92. The lowest BCUT2D eigenvalue weighted by atomic mass is 10.2. The Morgan fingerprint density at radius 3 is 2.80 bits per heavy atom. The number of aromatic nitrogens is 2. The number of thiophene rings is 1. The Balaban J connectivity index is 2.54. The molecule has 0 aliphatic carbocycles. The number of hydrogen-bond donors (Lipinski definition) is 1. The molecule has 2 aromatic heterocycles. The first kappa shape index (κ1) is 9.92. The van der Waals surface area contributed by atoms with Gasteiger partial charge in [0.1, 0.15) is 4.88 Å². The van der Waals surface area contributed by atoms with E-state index in [4.69, 9.17) is 5.11 Å². The van der Waals surface area contributed by atoms with Crippen LogP contribution in [0.25, 0.3) is 10.6 Å². The predicted molar refractivity (Wildman–Crippen MR) is 58.2 cm³/mol. The zero-order valence-corrected chi connectivity index (χ0v) is 9.21. The maximum Gasteiger partial charge on any atom is 0.345 e. The molecular weight excluding hydrogens is 212 g/mol. The molecule has 78 valence electrons. The van der Waals surface area contributed by atoms with Gasteiger partial charge < -0.3 is 5.11 Å². The van der Waals surface area contributed by atoms with Crippen molar-refractivity contribution in [3.63, 3.8) is 0 Å². The summed E-state index contributed by atoms with van der Waals surface area (Å²) in [5.74, 6) is -0.878. The molecule has 0 radical (unpaired) electrons. The van der Waals surface area contributed by atoms with Gasteiger partial charge in [0, 0.05) is 13.2 Å². The zero-order valence-electron chi connectivity index (χ0n) is 8.39. The normalized spacial score (nSPS) is 10.5. The third-order valence-electron chi connectivity index (χ3n) is 2.18. The van der Waals surface area contributed by atoms with E-state index in [1.165, 1.54) is 11.3 Å². The number of carboxylic acid groups (broad SMARTS) is 1. The molecule has 0 aromatic carbocycles. The van der Waals surface area contributed by atoms with Gasteiger partial charge in [0.2, 0.25) is 0 Å². The summed E-state index contributed by atoms with van der Waals surface area (Å²) in [5.41, 5.74) is 1.92. The van der Waals surface area contributed by atoms with Crippen molar-refractivity contribution < 1.29 is 9.90 Å². The molecule has 0 amide bonds. The van der Waals surface area contributed by atoms with Crippen molar-refractivity contribution >= 4 is 17.3 Å². The third-order valence-corrected chi connectivity index (χ3v) is 3.43. The first-order valence-electron chi connectivity index (χ1n) is 4.41. The second-order valence-corrected chi connectivity index (χ2v) is 4.32. The van der Waals surface area contributed by atoms with Crippen molar-refractivity contribution in [2.75, 3.05) is 0 Å². The van der Waals surface area contributed by atoms with Gasteiger partial charge in [-0.2, -0.15) is 5.10 Å². The van der Waals surface area contributed by atoms with Crippen LogP contribution < -0.4 is 0 Å². The number of aromatic carboxylic acids is 1. The van der Waals surface area contributed by atoms with Gasteiger partial charge in [0.15, 0.2) is 0 Å². The maximum absolute atomic E-state index is 10.8. The molecule has 0 saturated carbocycles. The molecule has 0 atom stereocenters. The topological polar surface area (TPSA) is 55.1 Å². The average molecular weight is 222 g/mol. The molecule has 2 heterocycles. The summed E-state index contributed by atoms with van der Waals surface area (Å²) in [6, 6.07) is 3.57. The van der Waals surface area contributed by atoms with Gasteiger partial charge in [-0.1, -0.05) is 0 Å². The number of nitrogens with zero attached hydrogens (tertiary/aromatic N) is 2. The molecule has 2 rings (SSSR count). The monoisotopic (exact) mass is 222 g/mol. The van der Waals surface area contributed by atoms with E-state index in [1.54, 1.807) is 16.9 Å². The van der Waals surface area contributed by atoms with Gasteiger partial charge in [-0.05, 0) is 24.6 Å². The lowest BCUT2D eigenvalue weighted by Gasteiger charge is -1.98. The fourth-order valence-electron chi connectivity index (χ4n) is 1.44. The van der Waals surface area contributed by atoms with Crippen molar-refractivity contribution in [1.82, 2.24) is 9.78 Å². The molecule has 5 heteroatoms. The van der Waals surface area contributed by atoms with Crippen molar-refractivity contribution in [2.24, 2.45) is 7.05 Å². The van der Waals surface area contributed by atoms with E-state index < -0.39 is 5.97 Å². The van der Waals surface area contributed by atoms with Crippen LogP contribution in [0.1, 0.15) is 15.2 Å². The van der Waals surface area contributed by atoms with Gasteiger partial charge in [-0.15, -0.1) is 11.3 Å². The van der Waals surface area contributed by atoms with Crippen LogP contribution in [0.5, 0.6) is 0 Å². The number of rotatable bonds is 2. The highest BCUT2D eigenvalue weighted by Crippen LogP contribution is 2.31. The Hall–Kier alpha value is -1.62. The van der Waals surface area contributed by atoms with Crippen LogP contribution in [-0.2, 0) is 7.05 Å². The van der Waals surface area contributed by atoms with E-state index in [0.29, 0.717) is 4.88 Å². The first-order chi connectivity index (χ1) is 7.09. The van der Waals surface area contributed by atoms with Crippen molar-refractivity contribution in [3.05, 3.63) is 28.8 Å². The van der Waals surface area contributed by atoms with E-state index in [0.717, 1.165) is 16.1 Å². The van der Waals surface area contributed by atoms with E-state index in [9.17, 15) is 4.79 Å². The second kappa shape index (κ2) is 3.51. The zero-order chi connectivity index (χ0) is 11.0. The summed E-state index contributed by atoms with van der Waals surface area (Å²) < 4.78 is 1.74. The van der Waals surface area contributed by atoms with Crippen LogP contribution in [0.3, 0.4) is 0 Å². The molecule has 4 nitrogen and oxygen atoms in total. The van der Waals surface area contributed by atoms with E-state index in [-0.39, 0.29) is 0 Å². The van der Waals surface area contributed by atoms with Crippen LogP contribution in [0.4, 0.5) is 0 Å². The Labute approximate surface area is 90.8 Å². The molecular formula is C10H10N2O2S. The summed E-state index contributed by atoms with van der Waals surface area (Å²) in [4.78, 5) is 12.1. The van der Waals surface area contributed by atoms with E-state index >= 15 is 0 Å². The summed E-state index contributed by atoms with van der Waals surface area (Å²) in [6.45, 7) is 1.91. The molecule has 2 aromatic rings. The number of hydrogen-bond acceptors (Lipinski definition) is 3. The predicted octanol–water partition coefficient (Wildman–Crippen LogP) is 2.16. The SMILES string of the molecule is Cc1cc(C(=O)O)sc1-c1ccnn1C. The van der Waals surface area contributed by atoms with Crippen molar-refractivity contribution in [2.45, 2.75) is 6.92 Å². The number of carbonyl (C=O) groups is 1. The smallest absolute Gasteiger partial charge is 0.345 e. The molecule has 0 fully saturated rings. The fraction of sp³-hybridized carbons (Fsp3) is 0.200. The largest absolute Gasteiger partial charge is 0.477 e. The number of aryl methyl sites for hydroxylation is 2. The van der Waals surface area contributed by atoms with Gasteiger partial charge >= 0.3 is 5.97 Å². The highest BCUT2D eigenvalue weighted by Gasteiger charge is 2.14. The summed E-state index contributed by atoms with van der Waals surface area (Å²) >= 11 is 1.28. The second-order valence-electron chi connectivity index (χ2n) is 3.27. The Kier molecular flexibility index (Phi) is 2.32. The Morgan fingerprint density at radius 1 is 1.60 bits per heavy atom. The minimum absolute atomic E-state index is 0.365. The standard InChI is InChI=1S/C10H10N2O2S/c1-6-5-8(10(13)14)15-9(6)7-3-4-11-12(7)2/h3-5H,1-2H3,(H,13,14). The van der Waals surface area contributed by atoms with Gasteiger partial charge in [0.25, 0.3) is 0 Å². The Bertz CT molecular complexity index is 513. The summed E-state index contributed by atoms with van der Waals surface area (Å²) in [5, 5.41) is 12.9. The molecule has 0 saturated heterocycles. The van der Waals surface area contributed by atoms with Gasteiger partial charge in [-0.25, -0.2) is 4.79 Å². The maximum atomic E-state index is 10.8. The van der Waals surface area contributed by atoms with Crippen molar-refractivity contribution in [1.29, 1.82) is 0 Å². The van der Waals surface area contributed by atoms with Gasteiger partial charge in [-0.3, -0.25) is 4.68 Å². The summed E-state index contributed by atoms with van der Waals surface area (Å²) in [7, 11) is 1.84. The fourth-order valence-corrected chi connectivity index (χ4v) is 2.51. The number of carboxylic acids is 1. The van der Waals surface area contributed by atoms with Gasteiger partial charge in [0.05, 0.1) is 10.6 Å². The van der Waals surface area contributed by atoms with Crippen LogP contribution in [0.15, 0.2) is 18.3 Å². The average Bonchev–Trinajstić information content (AvgIpc) is 2.71. The van der Waals surface area contributed by atoms with Crippen molar-refractivity contribution in [3.8, 4) is 10.6 Å². The quantitative estimate of drug-likeness (QED) is 0.847. The van der Waals surface area contributed by atoms with Crippen LogP contribution in [0, 0.1) is 6.92 Å². The van der Waals surface area contributed by atoms with Crippen LogP contribution >= 0.6 is 11.3 Å². The minimum atomic E-state index is -0.878. The van der Waals surface area contributed by atoms with E-state index in [1.807, 2.05) is 20.0 Å². The third kappa shape index (κ3) is 1.66. The van der Waals surface area contributed by atoms with Crippen LogP contribution in [0.2, 0.25) is 0 Å². The molecule has 0 bridgehead atoms. The summed E-state index contributed by atoms with van der Waals surface area (Å²) in [6.07, 6.45) is 1.70.